The monoisotopic (exact) mass is 1310 g/mol. The van der Waals surface area contributed by atoms with Crippen LogP contribution in [0.1, 0.15) is 33.6 Å². The van der Waals surface area contributed by atoms with E-state index in [-0.39, 0.29) is 126 Å². The number of hydrogen-bond donors (Lipinski definition) is 2. The van der Waals surface area contributed by atoms with Gasteiger partial charge in [-0.1, -0.05) is 0 Å². The number of aryl methyl sites for hydroxylation is 2. The minimum absolute atomic E-state index is 0. The van der Waals surface area contributed by atoms with Gasteiger partial charge in [0.25, 0.3) is 20.0 Å². The largest absolute Gasteiger partial charge is 1.00 e. The second-order valence-corrected chi connectivity index (χ2v) is 24.3. The van der Waals surface area contributed by atoms with E-state index >= 15 is 0 Å². The van der Waals surface area contributed by atoms with Crippen molar-refractivity contribution in [3.05, 3.63) is 119 Å². The molecule has 4 aromatic heterocycles. The topological polar surface area (TPSA) is 393 Å². The number of rotatable bonds is 26. The zero-order valence-corrected chi connectivity index (χ0v) is 56.0. The number of methoxy groups -OCH3 is 4. The van der Waals surface area contributed by atoms with Crippen LogP contribution in [0.4, 0.5) is 0 Å². The number of fused-ring (bicyclic) bond motifs is 2. The number of carboxylic acid groups (broad SMARTS) is 4. The number of aliphatic carboxylic acids is 4. The molecule has 28 nitrogen and oxygen atoms in total. The van der Waals surface area contributed by atoms with Gasteiger partial charge in [0.1, 0.15) is 36.2 Å². The van der Waals surface area contributed by atoms with Gasteiger partial charge >= 0.3 is 71.1 Å². The third kappa shape index (κ3) is 16.3. The summed E-state index contributed by atoms with van der Waals surface area (Å²) >= 11 is 0. The number of nitrogens with zero attached hydrogens (tertiary/aromatic N) is 6. The second-order valence-electron chi connectivity index (χ2n) is 18.0. The van der Waals surface area contributed by atoms with Crippen LogP contribution in [-0.2, 0) is 72.3 Å². The van der Waals surface area contributed by atoms with E-state index in [1.165, 1.54) is 64.8 Å². The summed E-state index contributed by atoms with van der Waals surface area (Å²) in [7, 11) is -7.43. The molecule has 34 heteroatoms. The number of pyridine rings is 2. The molecular weight excluding hydrogens is 1260 g/mol. The minimum atomic E-state index is -4.58. The number of hydrogen-bond acceptors (Lipinski definition) is 24. The van der Waals surface area contributed by atoms with Gasteiger partial charge in [0.2, 0.25) is 10.3 Å². The first-order chi connectivity index (χ1) is 40.7. The van der Waals surface area contributed by atoms with Crippen molar-refractivity contribution in [1.29, 1.82) is 0 Å². The van der Waals surface area contributed by atoms with Crippen LogP contribution >= 0.6 is 0 Å². The predicted octanol–water partition coefficient (Wildman–Crippen LogP) is -3.59. The Morgan fingerprint density at radius 3 is 1.18 bits per heavy atom. The van der Waals surface area contributed by atoms with E-state index < -0.39 is 102 Å². The average Bonchev–Trinajstić information content (AvgIpc) is 4.26. The summed E-state index contributed by atoms with van der Waals surface area (Å²) in [5.41, 5.74) is 4.14. The van der Waals surface area contributed by atoms with Crippen LogP contribution in [0, 0.1) is 27.7 Å². The molecule has 0 aliphatic heterocycles. The van der Waals surface area contributed by atoms with Crippen molar-refractivity contribution in [2.75, 3.05) is 54.9 Å². The van der Waals surface area contributed by atoms with Crippen molar-refractivity contribution >= 4 is 87.6 Å². The summed E-state index contributed by atoms with van der Waals surface area (Å²) in [6.45, 7) is 3.57. The molecule has 0 saturated heterocycles. The zero-order chi connectivity index (χ0) is 62.9. The molecule has 0 radical (unpaired) electrons. The summed E-state index contributed by atoms with van der Waals surface area (Å²) in [6.07, 6.45) is 3.12. The van der Waals surface area contributed by atoms with Gasteiger partial charge in [0.05, 0.1) is 117 Å². The molecule has 0 amide bonds. The first-order valence-electron chi connectivity index (χ1n) is 24.8. The maximum atomic E-state index is 14.1. The molecular formula is C54H52N6Na2O22S4. The molecule has 4 aromatic carbocycles. The first kappa shape index (κ1) is 71.4. The molecule has 0 bridgehead atoms. The van der Waals surface area contributed by atoms with Gasteiger partial charge in [-0.3, -0.25) is 18.4 Å². The van der Waals surface area contributed by atoms with Crippen molar-refractivity contribution in [1.82, 2.24) is 27.9 Å². The Labute approximate surface area is 551 Å². The summed E-state index contributed by atoms with van der Waals surface area (Å²) < 4.78 is 128. The fourth-order valence-corrected chi connectivity index (χ4v) is 14.5. The van der Waals surface area contributed by atoms with E-state index in [0.29, 0.717) is 45.5 Å². The Balaban J connectivity index is 0.000000313. The molecule has 0 aliphatic rings. The van der Waals surface area contributed by atoms with Crippen LogP contribution in [0.3, 0.4) is 0 Å². The standard InChI is InChI=1S/2C27H27N3O11S2.2Na/c2*1-15-11-28-20(16(2)26(15)39-4)14-42(35)27-29-19-9-17(38-3)5-7-21(19)30(27)43(36,37)18-6-8-22(40-12-24(31)32)23(10-18)41-13-25(33)34;;/h2*5-11H,12-14H2,1-4H3,(H,31,32)(H,33,34);;/q;;2*+1/p-2. The SMILES string of the molecule is COc1ccc2c(c1)nc(S(=O)Cc1ncc(C)c(OC)c1C)n2S(=O)(=O)c1ccc(OCC(=O)[O-])c(OCC(=O)O)c1.COc1ccc2c(c1)nc(S(=O)Cc1ncc(C)c(OC)c1C)n2S(=O)(=O)c1ccc(OCC(=O)[O-])c(OCC(=O)O)c1.[Na+].[Na+]. The third-order valence-corrected chi connectivity index (χ3v) is 18.4. The van der Waals surface area contributed by atoms with E-state index in [9.17, 15) is 54.6 Å². The average molecular weight is 1310 g/mol. The van der Waals surface area contributed by atoms with Crippen molar-refractivity contribution in [3.63, 3.8) is 0 Å². The van der Waals surface area contributed by atoms with E-state index in [2.05, 4.69) is 19.9 Å². The number of ether oxygens (including phenoxy) is 8. The number of carboxylic acids is 4. The van der Waals surface area contributed by atoms with E-state index in [4.69, 9.17) is 48.1 Å². The van der Waals surface area contributed by atoms with Crippen LogP contribution in [0.5, 0.6) is 46.0 Å². The summed E-state index contributed by atoms with van der Waals surface area (Å²) in [6, 6.07) is 15.2. The molecule has 0 fully saturated rings. The van der Waals surface area contributed by atoms with Gasteiger partial charge in [-0.25, -0.2) is 44.3 Å². The maximum Gasteiger partial charge on any atom is 1.00 e. The molecule has 0 spiro atoms. The van der Waals surface area contributed by atoms with Crippen LogP contribution in [0.2, 0.25) is 0 Å². The molecule has 456 valence electrons. The molecule has 0 aliphatic carbocycles. The Morgan fingerprint density at radius 2 is 0.864 bits per heavy atom. The first-order valence-corrected chi connectivity index (χ1v) is 30.3. The number of carbonyl (C=O) groups is 4. The smallest absolute Gasteiger partial charge is 0.546 e. The van der Waals surface area contributed by atoms with Crippen LogP contribution in [0.25, 0.3) is 22.1 Å². The van der Waals surface area contributed by atoms with Gasteiger partial charge in [-0.15, -0.1) is 0 Å². The summed E-state index contributed by atoms with van der Waals surface area (Å²) in [5, 5.41) is 39.2. The molecule has 4 heterocycles. The Hall–Kier alpha value is -7.40. The minimum Gasteiger partial charge on any atom is -0.546 e. The summed E-state index contributed by atoms with van der Waals surface area (Å²) in [5.74, 6) is -5.56. The molecule has 8 aromatic rings. The maximum absolute atomic E-state index is 14.1. The Kier molecular flexibility index (Phi) is 24.9. The normalized spacial score (nSPS) is 11.8. The van der Waals surface area contributed by atoms with Crippen LogP contribution < -0.4 is 107 Å². The van der Waals surface area contributed by atoms with E-state index in [1.807, 2.05) is 13.8 Å². The van der Waals surface area contributed by atoms with Crippen LogP contribution in [0.15, 0.2) is 105 Å². The number of benzene rings is 4. The molecule has 8 rings (SSSR count). The Morgan fingerprint density at radius 1 is 0.511 bits per heavy atom. The van der Waals surface area contributed by atoms with Gasteiger partial charge < -0.3 is 67.9 Å². The van der Waals surface area contributed by atoms with Gasteiger partial charge in [0, 0.05) is 58.9 Å². The molecule has 2 unspecified atom stereocenters. The molecule has 2 atom stereocenters. The van der Waals surface area contributed by atoms with Gasteiger partial charge in [-0.05, 0) is 76.2 Å². The summed E-state index contributed by atoms with van der Waals surface area (Å²) in [4.78, 5) is 60.7. The van der Waals surface area contributed by atoms with Gasteiger partial charge in [-0.2, -0.15) is 0 Å². The fourth-order valence-electron chi connectivity index (χ4n) is 8.37. The number of imidazole rings is 2. The van der Waals surface area contributed by atoms with E-state index in [1.54, 1.807) is 26.2 Å². The fraction of sp³-hybridized carbons (Fsp3) is 0.259. The quantitative estimate of drug-likeness (QED) is 0.0495. The molecule has 0 saturated carbocycles. The van der Waals surface area contributed by atoms with E-state index in [0.717, 1.165) is 55.5 Å². The second kappa shape index (κ2) is 30.7. The van der Waals surface area contributed by atoms with Crippen molar-refractivity contribution < 1.29 is 162 Å². The number of carbonyl (C=O) groups excluding carboxylic acids is 2. The van der Waals surface area contributed by atoms with Crippen molar-refractivity contribution in [2.24, 2.45) is 0 Å². The molecule has 2 N–H and O–H groups in total. The van der Waals surface area contributed by atoms with Crippen LogP contribution in [-0.4, -0.2) is 142 Å². The van der Waals surface area contributed by atoms with Crippen molar-refractivity contribution in [2.45, 2.75) is 59.3 Å². The zero-order valence-electron chi connectivity index (χ0n) is 48.7. The molecule has 88 heavy (non-hydrogen) atoms. The number of aromatic nitrogens is 6. The van der Waals surface area contributed by atoms with Gasteiger partial charge in [0.15, 0.2) is 36.2 Å². The van der Waals surface area contributed by atoms with Crippen molar-refractivity contribution in [3.8, 4) is 46.0 Å². The Bertz CT molecular complexity index is 3990. The predicted molar refractivity (Wildman–Crippen MR) is 299 cm³/mol. The third-order valence-electron chi connectivity index (χ3n) is 12.3.